The van der Waals surface area contributed by atoms with Gasteiger partial charge >= 0.3 is 0 Å². The predicted octanol–water partition coefficient (Wildman–Crippen LogP) is 1.35. The molecule has 78 valence electrons. The van der Waals surface area contributed by atoms with Crippen molar-refractivity contribution >= 4 is 0 Å². The maximum Gasteiger partial charge on any atom is 0.0761 e. The van der Waals surface area contributed by atoms with Crippen LogP contribution in [-0.2, 0) is 6.54 Å². The van der Waals surface area contributed by atoms with Gasteiger partial charge in [-0.3, -0.25) is 0 Å². The van der Waals surface area contributed by atoms with Gasteiger partial charge in [0.2, 0.25) is 0 Å². The van der Waals surface area contributed by atoms with Crippen molar-refractivity contribution in [3.05, 3.63) is 47.8 Å². The van der Waals surface area contributed by atoms with Gasteiger partial charge in [-0.1, -0.05) is 35.5 Å². The lowest BCUT2D eigenvalue weighted by molar-refractivity contribution is 0.522. The molecule has 1 aromatic heterocycles. The quantitative estimate of drug-likeness (QED) is 0.817. The minimum atomic E-state index is 0.173. The zero-order valence-corrected chi connectivity index (χ0v) is 8.67. The van der Waals surface area contributed by atoms with Crippen LogP contribution in [0.3, 0.4) is 0 Å². The number of hydrogen-bond donors (Lipinski definition) is 1. The van der Waals surface area contributed by atoms with Gasteiger partial charge in [0, 0.05) is 6.54 Å². The van der Waals surface area contributed by atoms with Crippen molar-refractivity contribution in [1.29, 1.82) is 0 Å². The summed E-state index contributed by atoms with van der Waals surface area (Å²) in [7, 11) is 0. The Morgan fingerprint density at radius 2 is 2.07 bits per heavy atom. The lowest BCUT2D eigenvalue weighted by atomic mass is 10.1. The highest BCUT2D eigenvalue weighted by molar-refractivity contribution is 5.19. The van der Waals surface area contributed by atoms with Crippen LogP contribution in [0.15, 0.2) is 36.5 Å². The van der Waals surface area contributed by atoms with Gasteiger partial charge in [-0.15, -0.1) is 5.10 Å². The van der Waals surface area contributed by atoms with Gasteiger partial charge in [0.25, 0.3) is 0 Å². The first-order valence-electron chi connectivity index (χ1n) is 4.97. The fourth-order valence-corrected chi connectivity index (χ4v) is 1.61. The second-order valence-corrected chi connectivity index (χ2v) is 3.46. The molecule has 4 nitrogen and oxygen atoms in total. The third kappa shape index (κ3) is 1.89. The molecule has 0 fully saturated rings. The Bertz CT molecular complexity index is 421. The molecular weight excluding hydrogens is 188 g/mol. The van der Waals surface area contributed by atoms with Crippen LogP contribution in [0.1, 0.15) is 24.2 Å². The van der Waals surface area contributed by atoms with Gasteiger partial charge in [0.1, 0.15) is 0 Å². The molecule has 15 heavy (non-hydrogen) atoms. The van der Waals surface area contributed by atoms with E-state index in [0.717, 1.165) is 5.69 Å². The summed E-state index contributed by atoms with van der Waals surface area (Å²) < 4.78 is 1.86. The van der Waals surface area contributed by atoms with Crippen molar-refractivity contribution in [2.75, 3.05) is 0 Å². The van der Waals surface area contributed by atoms with E-state index in [0.29, 0.717) is 6.54 Å². The summed E-state index contributed by atoms with van der Waals surface area (Å²) in [6.07, 6.45) is 1.71. The zero-order chi connectivity index (χ0) is 10.7. The van der Waals surface area contributed by atoms with Crippen molar-refractivity contribution in [3.8, 4) is 0 Å². The van der Waals surface area contributed by atoms with Crippen molar-refractivity contribution in [3.63, 3.8) is 0 Å². The van der Waals surface area contributed by atoms with E-state index in [2.05, 4.69) is 29.4 Å². The lowest BCUT2D eigenvalue weighted by Gasteiger charge is -2.13. The standard InChI is InChI=1S/C11H14N4/c1-9(10-5-3-2-4-6-10)15-11(7-12)8-13-14-15/h2-6,8-9H,7,12H2,1H3. The van der Waals surface area contributed by atoms with E-state index in [1.165, 1.54) is 5.56 Å². The number of rotatable bonds is 3. The Balaban J connectivity index is 2.32. The Morgan fingerprint density at radius 1 is 1.33 bits per heavy atom. The fraction of sp³-hybridized carbons (Fsp3) is 0.273. The highest BCUT2D eigenvalue weighted by atomic mass is 15.4. The van der Waals surface area contributed by atoms with Crippen LogP contribution in [0.2, 0.25) is 0 Å². The molecule has 0 radical (unpaired) electrons. The average molecular weight is 202 g/mol. The highest BCUT2D eigenvalue weighted by Crippen LogP contribution is 2.17. The summed E-state index contributed by atoms with van der Waals surface area (Å²) in [6.45, 7) is 2.55. The second-order valence-electron chi connectivity index (χ2n) is 3.46. The van der Waals surface area contributed by atoms with E-state index in [1.54, 1.807) is 6.20 Å². The molecule has 1 atom stereocenters. The average Bonchev–Trinajstić information content (AvgIpc) is 2.77. The van der Waals surface area contributed by atoms with E-state index in [-0.39, 0.29) is 6.04 Å². The minimum absolute atomic E-state index is 0.173. The number of benzene rings is 1. The first kappa shape index (κ1) is 9.86. The van der Waals surface area contributed by atoms with Crippen LogP contribution in [0, 0.1) is 0 Å². The van der Waals surface area contributed by atoms with Crippen LogP contribution < -0.4 is 5.73 Å². The molecule has 2 aromatic rings. The van der Waals surface area contributed by atoms with Crippen LogP contribution in [0.25, 0.3) is 0 Å². The molecule has 1 unspecified atom stereocenters. The molecule has 2 N–H and O–H groups in total. The van der Waals surface area contributed by atoms with Crippen molar-refractivity contribution < 1.29 is 0 Å². The molecule has 4 heteroatoms. The van der Waals surface area contributed by atoms with E-state index >= 15 is 0 Å². The van der Waals surface area contributed by atoms with Crippen molar-refractivity contribution in [2.45, 2.75) is 19.5 Å². The molecule has 0 spiro atoms. The third-order valence-corrected chi connectivity index (χ3v) is 2.51. The van der Waals surface area contributed by atoms with E-state index < -0.39 is 0 Å². The predicted molar refractivity (Wildman–Crippen MR) is 58.2 cm³/mol. The highest BCUT2D eigenvalue weighted by Gasteiger charge is 2.11. The summed E-state index contributed by atoms with van der Waals surface area (Å²) >= 11 is 0. The van der Waals surface area contributed by atoms with Gasteiger partial charge in [-0.05, 0) is 12.5 Å². The van der Waals surface area contributed by atoms with Crippen LogP contribution in [0.5, 0.6) is 0 Å². The maximum absolute atomic E-state index is 5.61. The van der Waals surface area contributed by atoms with Gasteiger partial charge in [0.05, 0.1) is 17.9 Å². The summed E-state index contributed by atoms with van der Waals surface area (Å²) in [5, 5.41) is 7.92. The van der Waals surface area contributed by atoms with Gasteiger partial charge in [-0.2, -0.15) is 0 Å². The van der Waals surface area contributed by atoms with Gasteiger partial charge in [-0.25, -0.2) is 4.68 Å². The van der Waals surface area contributed by atoms with E-state index in [9.17, 15) is 0 Å². The van der Waals surface area contributed by atoms with Crippen LogP contribution in [-0.4, -0.2) is 15.0 Å². The molecule has 0 saturated carbocycles. The molecule has 0 aliphatic carbocycles. The van der Waals surface area contributed by atoms with Crippen LogP contribution >= 0.6 is 0 Å². The molecule has 0 saturated heterocycles. The summed E-state index contributed by atoms with van der Waals surface area (Å²) in [4.78, 5) is 0. The molecule has 1 aromatic carbocycles. The van der Waals surface area contributed by atoms with Gasteiger partial charge < -0.3 is 5.73 Å². The Hall–Kier alpha value is -1.68. The fourth-order valence-electron chi connectivity index (χ4n) is 1.61. The first-order valence-corrected chi connectivity index (χ1v) is 4.97. The Kier molecular flexibility index (Phi) is 2.78. The summed E-state index contributed by atoms with van der Waals surface area (Å²) in [6, 6.07) is 10.4. The molecule has 0 bridgehead atoms. The monoisotopic (exact) mass is 202 g/mol. The zero-order valence-electron chi connectivity index (χ0n) is 8.67. The van der Waals surface area contributed by atoms with Crippen molar-refractivity contribution in [1.82, 2.24) is 15.0 Å². The number of nitrogens with zero attached hydrogens (tertiary/aromatic N) is 3. The smallest absolute Gasteiger partial charge is 0.0761 e. The molecule has 0 aliphatic heterocycles. The molecular formula is C11H14N4. The molecule has 1 heterocycles. The minimum Gasteiger partial charge on any atom is -0.325 e. The lowest BCUT2D eigenvalue weighted by Crippen LogP contribution is -2.14. The second kappa shape index (κ2) is 4.23. The Morgan fingerprint density at radius 3 is 2.73 bits per heavy atom. The SMILES string of the molecule is CC(c1ccccc1)n1nncc1CN. The molecule has 0 amide bonds. The molecule has 0 aliphatic rings. The molecule has 2 rings (SSSR count). The van der Waals surface area contributed by atoms with Gasteiger partial charge in [0.15, 0.2) is 0 Å². The van der Waals surface area contributed by atoms with Crippen molar-refractivity contribution in [2.24, 2.45) is 5.73 Å². The summed E-state index contributed by atoms with van der Waals surface area (Å²) in [5.41, 5.74) is 7.77. The summed E-state index contributed by atoms with van der Waals surface area (Å²) in [5.74, 6) is 0. The number of nitrogens with two attached hydrogens (primary N) is 1. The van der Waals surface area contributed by atoms with E-state index in [1.807, 2.05) is 22.9 Å². The van der Waals surface area contributed by atoms with E-state index in [4.69, 9.17) is 5.73 Å². The largest absolute Gasteiger partial charge is 0.325 e. The Labute approximate surface area is 88.7 Å². The topological polar surface area (TPSA) is 56.7 Å². The van der Waals surface area contributed by atoms with Crippen LogP contribution in [0.4, 0.5) is 0 Å². The number of hydrogen-bond acceptors (Lipinski definition) is 3. The normalized spacial score (nSPS) is 12.7. The first-order chi connectivity index (χ1) is 7.33. The number of aromatic nitrogens is 3. The third-order valence-electron chi connectivity index (χ3n) is 2.51. The maximum atomic E-state index is 5.61.